The van der Waals surface area contributed by atoms with Gasteiger partial charge in [-0.05, 0) is 38.0 Å². The van der Waals surface area contributed by atoms with Crippen LogP contribution in [-0.4, -0.2) is 49.5 Å². The average Bonchev–Trinajstić information content (AvgIpc) is 3.33. The van der Waals surface area contributed by atoms with Crippen LogP contribution in [0.5, 0.6) is 0 Å². The van der Waals surface area contributed by atoms with Gasteiger partial charge in [-0.15, -0.1) is 0 Å². The number of anilines is 2. The lowest BCUT2D eigenvalue weighted by atomic mass is 10.3. The topological polar surface area (TPSA) is 133 Å². The first-order valence-corrected chi connectivity index (χ1v) is 10.9. The van der Waals surface area contributed by atoms with Crippen LogP contribution in [0.4, 0.5) is 11.6 Å². The first-order valence-electron chi connectivity index (χ1n) is 9.38. The molecule has 0 unspecified atom stereocenters. The van der Waals surface area contributed by atoms with Crippen molar-refractivity contribution in [3.8, 4) is 0 Å². The van der Waals surface area contributed by atoms with E-state index >= 15 is 0 Å². The fourth-order valence-electron chi connectivity index (χ4n) is 3.31. The molecule has 11 heteroatoms. The van der Waals surface area contributed by atoms with Gasteiger partial charge in [0.15, 0.2) is 5.58 Å². The molecule has 1 fully saturated rings. The number of aromatic nitrogens is 3. The predicted octanol–water partition coefficient (Wildman–Crippen LogP) is 1.21. The standard InChI is InChI=1S/C18H22N6O4S/c1-12-21-16(11-17(22-12)24-8-2-3-9-24)19-6-7-20-29(26,27)13-4-5-15-14(10-13)23-18(25)28-15/h4-5,10-11,20H,2-3,6-9H2,1H3,(H,23,25)(H,19,21,22). The molecule has 1 saturated heterocycles. The number of nitrogens with one attached hydrogen (secondary N) is 3. The molecular formula is C18H22N6O4S. The third-order valence-corrected chi connectivity index (χ3v) is 6.14. The number of sulfonamides is 1. The van der Waals surface area contributed by atoms with Crippen LogP contribution in [0.2, 0.25) is 0 Å². The van der Waals surface area contributed by atoms with E-state index in [1.165, 1.54) is 18.2 Å². The Hall–Kier alpha value is -2.92. The highest BCUT2D eigenvalue weighted by atomic mass is 32.2. The number of rotatable bonds is 7. The van der Waals surface area contributed by atoms with E-state index in [9.17, 15) is 13.2 Å². The number of aryl methyl sites for hydroxylation is 1. The number of nitrogens with zero attached hydrogens (tertiary/aromatic N) is 3. The zero-order chi connectivity index (χ0) is 20.4. The van der Waals surface area contributed by atoms with Crippen LogP contribution >= 0.6 is 0 Å². The molecule has 4 rings (SSSR count). The molecular weight excluding hydrogens is 396 g/mol. The zero-order valence-electron chi connectivity index (χ0n) is 15.9. The molecule has 0 atom stereocenters. The lowest BCUT2D eigenvalue weighted by Crippen LogP contribution is -2.29. The Balaban J connectivity index is 1.37. The quantitative estimate of drug-likeness (QED) is 0.488. The Kier molecular flexibility index (Phi) is 5.24. The maximum Gasteiger partial charge on any atom is 0.417 e. The maximum atomic E-state index is 12.5. The molecule has 3 aromatic rings. The summed E-state index contributed by atoms with van der Waals surface area (Å²) in [7, 11) is -3.72. The van der Waals surface area contributed by atoms with E-state index in [1.807, 2.05) is 13.0 Å². The average molecular weight is 418 g/mol. The Morgan fingerprint density at radius 3 is 2.76 bits per heavy atom. The van der Waals surface area contributed by atoms with Crippen molar-refractivity contribution >= 4 is 32.8 Å². The normalized spacial score (nSPS) is 14.6. The highest BCUT2D eigenvalue weighted by Crippen LogP contribution is 2.20. The molecule has 0 radical (unpaired) electrons. The zero-order valence-corrected chi connectivity index (χ0v) is 16.8. The number of oxazole rings is 1. The number of hydrogen-bond donors (Lipinski definition) is 3. The van der Waals surface area contributed by atoms with Crippen LogP contribution in [0.15, 0.2) is 38.4 Å². The van der Waals surface area contributed by atoms with Crippen LogP contribution in [0.25, 0.3) is 11.1 Å². The summed E-state index contributed by atoms with van der Waals surface area (Å²) < 4.78 is 32.4. The minimum absolute atomic E-state index is 0.0521. The predicted molar refractivity (Wildman–Crippen MR) is 109 cm³/mol. The molecule has 2 aromatic heterocycles. The second-order valence-corrected chi connectivity index (χ2v) is 8.62. The SMILES string of the molecule is Cc1nc(NCCNS(=O)(=O)c2ccc3oc(=O)[nH]c3c2)cc(N2CCCC2)n1. The largest absolute Gasteiger partial charge is 0.417 e. The summed E-state index contributed by atoms with van der Waals surface area (Å²) in [6, 6.07) is 6.09. The number of hydrogen-bond acceptors (Lipinski definition) is 8. The third-order valence-electron chi connectivity index (χ3n) is 4.68. The fraction of sp³-hybridized carbons (Fsp3) is 0.389. The van der Waals surface area contributed by atoms with Gasteiger partial charge in [-0.1, -0.05) is 0 Å². The van der Waals surface area contributed by atoms with Gasteiger partial charge in [0, 0.05) is 32.2 Å². The van der Waals surface area contributed by atoms with Gasteiger partial charge in [-0.3, -0.25) is 4.98 Å². The summed E-state index contributed by atoms with van der Waals surface area (Å²) in [4.78, 5) is 24.8. The first kappa shape index (κ1) is 19.4. The van der Waals surface area contributed by atoms with Crippen molar-refractivity contribution in [2.75, 3.05) is 36.4 Å². The minimum atomic E-state index is -3.72. The van der Waals surface area contributed by atoms with Crippen molar-refractivity contribution in [1.82, 2.24) is 19.7 Å². The molecule has 0 bridgehead atoms. The van der Waals surface area contributed by atoms with Crippen molar-refractivity contribution in [1.29, 1.82) is 0 Å². The molecule has 154 valence electrons. The molecule has 29 heavy (non-hydrogen) atoms. The Morgan fingerprint density at radius 2 is 1.97 bits per heavy atom. The number of aromatic amines is 1. The van der Waals surface area contributed by atoms with E-state index < -0.39 is 15.8 Å². The first-order chi connectivity index (χ1) is 13.9. The fourth-order valence-corrected chi connectivity index (χ4v) is 4.37. The van der Waals surface area contributed by atoms with Crippen LogP contribution in [0, 0.1) is 6.92 Å². The second kappa shape index (κ2) is 7.84. The van der Waals surface area contributed by atoms with E-state index in [0.29, 0.717) is 29.3 Å². The van der Waals surface area contributed by atoms with Gasteiger partial charge in [0.05, 0.1) is 10.4 Å². The minimum Gasteiger partial charge on any atom is -0.408 e. The van der Waals surface area contributed by atoms with E-state index in [4.69, 9.17) is 4.42 Å². The Morgan fingerprint density at radius 1 is 1.17 bits per heavy atom. The molecule has 0 saturated carbocycles. The highest BCUT2D eigenvalue weighted by molar-refractivity contribution is 7.89. The smallest absolute Gasteiger partial charge is 0.408 e. The molecule has 0 amide bonds. The van der Waals surface area contributed by atoms with Gasteiger partial charge in [0.25, 0.3) is 0 Å². The van der Waals surface area contributed by atoms with Crippen molar-refractivity contribution in [2.45, 2.75) is 24.7 Å². The molecule has 3 heterocycles. The van der Waals surface area contributed by atoms with E-state index in [2.05, 4.69) is 29.9 Å². The van der Waals surface area contributed by atoms with Crippen molar-refractivity contribution < 1.29 is 12.8 Å². The van der Waals surface area contributed by atoms with E-state index in [1.54, 1.807) is 0 Å². The summed E-state index contributed by atoms with van der Waals surface area (Å²) in [5.74, 6) is 1.59. The molecule has 1 aliphatic rings. The van der Waals surface area contributed by atoms with Crippen molar-refractivity contribution in [3.63, 3.8) is 0 Å². The molecule has 0 aliphatic carbocycles. The number of H-pyrrole nitrogens is 1. The van der Waals surface area contributed by atoms with Crippen LogP contribution in [0.1, 0.15) is 18.7 Å². The number of fused-ring (bicyclic) bond motifs is 1. The third kappa shape index (κ3) is 4.40. The Labute approximate surface area is 167 Å². The van der Waals surface area contributed by atoms with Gasteiger partial charge in [0.2, 0.25) is 10.0 Å². The lowest BCUT2D eigenvalue weighted by molar-refractivity contribution is 0.555. The van der Waals surface area contributed by atoms with Gasteiger partial charge >= 0.3 is 5.76 Å². The summed E-state index contributed by atoms with van der Waals surface area (Å²) >= 11 is 0. The van der Waals surface area contributed by atoms with Crippen LogP contribution < -0.4 is 20.7 Å². The summed E-state index contributed by atoms with van der Waals surface area (Å²) in [5, 5.41) is 3.14. The summed E-state index contributed by atoms with van der Waals surface area (Å²) in [6.45, 7) is 4.35. The van der Waals surface area contributed by atoms with E-state index in [-0.39, 0.29) is 11.4 Å². The highest BCUT2D eigenvalue weighted by Gasteiger charge is 2.16. The summed E-state index contributed by atoms with van der Waals surface area (Å²) in [6.07, 6.45) is 2.32. The number of benzene rings is 1. The molecule has 0 spiro atoms. The van der Waals surface area contributed by atoms with E-state index in [0.717, 1.165) is 31.7 Å². The van der Waals surface area contributed by atoms with Gasteiger partial charge in [-0.25, -0.2) is 27.9 Å². The van der Waals surface area contributed by atoms with Gasteiger partial charge < -0.3 is 14.6 Å². The Bertz CT molecular complexity index is 1180. The monoisotopic (exact) mass is 418 g/mol. The van der Waals surface area contributed by atoms with Crippen molar-refractivity contribution in [2.24, 2.45) is 0 Å². The van der Waals surface area contributed by atoms with Crippen LogP contribution in [0.3, 0.4) is 0 Å². The van der Waals surface area contributed by atoms with Gasteiger partial charge in [-0.2, -0.15) is 0 Å². The van der Waals surface area contributed by atoms with Crippen LogP contribution in [-0.2, 0) is 10.0 Å². The second-order valence-electron chi connectivity index (χ2n) is 6.85. The molecule has 3 N–H and O–H groups in total. The molecule has 1 aromatic carbocycles. The van der Waals surface area contributed by atoms with Gasteiger partial charge in [0.1, 0.15) is 17.5 Å². The van der Waals surface area contributed by atoms with Crippen molar-refractivity contribution in [3.05, 3.63) is 40.6 Å². The molecule has 1 aliphatic heterocycles. The lowest BCUT2D eigenvalue weighted by Gasteiger charge is -2.17. The summed E-state index contributed by atoms with van der Waals surface area (Å²) in [5.41, 5.74) is 0.644. The maximum absolute atomic E-state index is 12.5. The molecule has 10 nitrogen and oxygen atoms in total.